The molecule has 0 saturated carbocycles. The zero-order valence-electron chi connectivity index (χ0n) is 13.2. The number of benzene rings is 1. The molecular weight excluding hydrogens is 376 g/mol. The van der Waals surface area contributed by atoms with Gasteiger partial charge in [0, 0.05) is 15.3 Å². The van der Waals surface area contributed by atoms with Gasteiger partial charge < -0.3 is 5.32 Å². The fourth-order valence-electron chi connectivity index (χ4n) is 2.21. The van der Waals surface area contributed by atoms with Gasteiger partial charge in [0.25, 0.3) is 0 Å². The number of fused-ring (bicyclic) bond motifs is 1. The molecule has 0 saturated heterocycles. The van der Waals surface area contributed by atoms with Crippen LogP contribution in [0.15, 0.2) is 35.6 Å². The van der Waals surface area contributed by atoms with Crippen molar-refractivity contribution in [1.29, 1.82) is 5.26 Å². The van der Waals surface area contributed by atoms with Crippen molar-refractivity contribution in [3.8, 4) is 6.07 Å². The molecule has 0 fully saturated rings. The van der Waals surface area contributed by atoms with Crippen LogP contribution in [0, 0.1) is 11.3 Å². The van der Waals surface area contributed by atoms with Crippen molar-refractivity contribution in [3.05, 3.63) is 46.1 Å². The van der Waals surface area contributed by atoms with Gasteiger partial charge >= 0.3 is 0 Å². The van der Waals surface area contributed by atoms with Crippen LogP contribution in [0.3, 0.4) is 0 Å². The zero-order valence-corrected chi connectivity index (χ0v) is 15.6. The summed E-state index contributed by atoms with van der Waals surface area (Å²) in [5, 5.41) is 14.1. The number of thiophene rings is 1. The van der Waals surface area contributed by atoms with Crippen molar-refractivity contribution in [2.24, 2.45) is 0 Å². The lowest BCUT2D eigenvalue weighted by Gasteiger charge is -2.07. The quantitative estimate of drug-likeness (QED) is 0.513. The van der Waals surface area contributed by atoms with Crippen molar-refractivity contribution in [1.82, 2.24) is 9.97 Å². The maximum atomic E-state index is 12.2. The number of thioether (sulfide) groups is 1. The van der Waals surface area contributed by atoms with Crippen molar-refractivity contribution < 1.29 is 4.79 Å². The number of hydrogen-bond acceptors (Lipinski definition) is 6. The number of amides is 1. The molecular formula is C17H13ClN4OS2. The van der Waals surface area contributed by atoms with Crippen molar-refractivity contribution >= 4 is 56.5 Å². The second-order valence-corrected chi connectivity index (χ2v) is 7.62. The fraction of sp³-hybridized carbons (Fsp3) is 0.176. The Hall–Kier alpha value is -2.14. The summed E-state index contributed by atoms with van der Waals surface area (Å²) in [5.41, 5.74) is 0.787. The van der Waals surface area contributed by atoms with E-state index in [0.717, 1.165) is 21.7 Å². The molecule has 0 aliphatic carbocycles. The highest BCUT2D eigenvalue weighted by atomic mass is 35.5. The van der Waals surface area contributed by atoms with E-state index in [0.29, 0.717) is 16.3 Å². The lowest BCUT2D eigenvalue weighted by molar-refractivity contribution is -0.113. The number of aryl methyl sites for hydroxylation is 1. The zero-order chi connectivity index (χ0) is 17.8. The summed E-state index contributed by atoms with van der Waals surface area (Å²) >= 11 is 8.92. The van der Waals surface area contributed by atoms with E-state index in [2.05, 4.69) is 28.3 Å². The number of rotatable bonds is 5. The van der Waals surface area contributed by atoms with E-state index in [-0.39, 0.29) is 11.7 Å². The van der Waals surface area contributed by atoms with Crippen molar-refractivity contribution in [3.63, 3.8) is 0 Å². The normalized spacial score (nSPS) is 10.6. The van der Waals surface area contributed by atoms with Gasteiger partial charge in [-0.25, -0.2) is 9.97 Å². The lowest BCUT2D eigenvalue weighted by Crippen LogP contribution is -2.15. The molecule has 2 aromatic heterocycles. The molecule has 25 heavy (non-hydrogen) atoms. The number of nitrogens with one attached hydrogen (secondary N) is 1. The third kappa shape index (κ3) is 4.10. The summed E-state index contributed by atoms with van der Waals surface area (Å²) in [7, 11) is 0. The molecule has 2 heterocycles. The number of aromatic nitrogens is 2. The van der Waals surface area contributed by atoms with E-state index in [1.54, 1.807) is 29.5 Å². The number of carbonyl (C=O) groups is 1. The summed E-state index contributed by atoms with van der Waals surface area (Å²) in [6.45, 7) is 2.09. The first kappa shape index (κ1) is 17.7. The molecule has 1 N–H and O–H groups in total. The number of nitriles is 1. The van der Waals surface area contributed by atoms with E-state index >= 15 is 0 Å². The Bertz CT molecular complexity index is 980. The number of anilines is 1. The van der Waals surface area contributed by atoms with Gasteiger partial charge in [-0.05, 0) is 30.7 Å². The monoisotopic (exact) mass is 388 g/mol. The molecule has 1 amide bonds. The Labute approximate surface area is 158 Å². The highest BCUT2D eigenvalue weighted by Gasteiger charge is 2.12. The Morgan fingerprint density at radius 1 is 1.40 bits per heavy atom. The maximum Gasteiger partial charge on any atom is 0.234 e. The average molecular weight is 389 g/mol. The largest absolute Gasteiger partial charge is 0.324 e. The Morgan fingerprint density at radius 3 is 3.00 bits per heavy atom. The topological polar surface area (TPSA) is 78.7 Å². The summed E-state index contributed by atoms with van der Waals surface area (Å²) in [5.74, 6) is -0.0395. The molecule has 0 aliphatic rings. The minimum Gasteiger partial charge on any atom is -0.324 e. The molecule has 0 unspecified atom stereocenters. The van der Waals surface area contributed by atoms with Crippen LogP contribution >= 0.6 is 34.7 Å². The fourth-order valence-corrected chi connectivity index (χ4v) is 4.15. The molecule has 0 spiro atoms. The summed E-state index contributed by atoms with van der Waals surface area (Å²) in [4.78, 5) is 23.0. The molecule has 3 aromatic rings. The number of hydrogen-bond donors (Lipinski definition) is 1. The van der Waals surface area contributed by atoms with Crippen molar-refractivity contribution in [2.75, 3.05) is 11.1 Å². The van der Waals surface area contributed by atoms with Crippen LogP contribution in [0.1, 0.15) is 17.4 Å². The Kier molecular flexibility index (Phi) is 5.53. The molecule has 8 heteroatoms. The van der Waals surface area contributed by atoms with Gasteiger partial charge in [0.1, 0.15) is 22.3 Å². The first-order valence-electron chi connectivity index (χ1n) is 7.46. The number of carbonyl (C=O) groups excluding carboxylic acids is 1. The van der Waals surface area contributed by atoms with Crippen LogP contribution in [0.4, 0.5) is 5.69 Å². The predicted octanol–water partition coefficient (Wildman–Crippen LogP) is 4.51. The van der Waals surface area contributed by atoms with Crippen LogP contribution in [0.25, 0.3) is 10.2 Å². The van der Waals surface area contributed by atoms with Gasteiger partial charge in [-0.1, -0.05) is 30.3 Å². The van der Waals surface area contributed by atoms with Gasteiger partial charge in [-0.2, -0.15) is 5.26 Å². The molecule has 5 nitrogen and oxygen atoms in total. The molecule has 1 aromatic carbocycles. The Balaban J connectivity index is 1.72. The molecule has 126 valence electrons. The molecule has 3 rings (SSSR count). The summed E-state index contributed by atoms with van der Waals surface area (Å²) in [6.07, 6.45) is 2.46. The first-order valence-corrected chi connectivity index (χ1v) is 9.64. The van der Waals surface area contributed by atoms with Crippen LogP contribution in [0.5, 0.6) is 0 Å². The smallest absolute Gasteiger partial charge is 0.234 e. The lowest BCUT2D eigenvalue weighted by atomic mass is 10.2. The van der Waals surface area contributed by atoms with E-state index in [1.165, 1.54) is 23.0 Å². The van der Waals surface area contributed by atoms with Crippen LogP contribution in [-0.4, -0.2) is 21.6 Å². The van der Waals surface area contributed by atoms with Gasteiger partial charge in [0.05, 0.1) is 17.0 Å². The second-order valence-electron chi connectivity index (χ2n) is 5.10. The average Bonchev–Trinajstić information content (AvgIpc) is 3.04. The molecule has 0 atom stereocenters. The number of halogens is 1. The predicted molar refractivity (Wildman–Crippen MR) is 102 cm³/mol. The van der Waals surface area contributed by atoms with Gasteiger partial charge in [0.15, 0.2) is 0 Å². The van der Waals surface area contributed by atoms with Crippen LogP contribution in [-0.2, 0) is 11.2 Å². The molecule has 0 bridgehead atoms. The third-order valence-electron chi connectivity index (χ3n) is 3.41. The minimum absolute atomic E-state index is 0.181. The van der Waals surface area contributed by atoms with E-state index in [4.69, 9.17) is 16.9 Å². The number of nitrogens with zero attached hydrogens (tertiary/aromatic N) is 3. The maximum absolute atomic E-state index is 12.2. The van der Waals surface area contributed by atoms with Gasteiger partial charge in [0.2, 0.25) is 5.91 Å². The van der Waals surface area contributed by atoms with E-state index in [9.17, 15) is 4.79 Å². The second kappa shape index (κ2) is 7.83. The van der Waals surface area contributed by atoms with E-state index in [1.807, 2.05) is 6.07 Å². The highest BCUT2D eigenvalue weighted by Crippen LogP contribution is 2.31. The SMILES string of the molecule is CCc1cc2c(SCC(=O)Nc3cc(Cl)ccc3C#N)ncnc2s1. The van der Waals surface area contributed by atoms with Gasteiger partial charge in [-0.15, -0.1) is 11.3 Å². The summed E-state index contributed by atoms with van der Waals surface area (Å²) in [6, 6.07) is 8.87. The van der Waals surface area contributed by atoms with Crippen molar-refractivity contribution in [2.45, 2.75) is 18.4 Å². The minimum atomic E-state index is -0.221. The third-order valence-corrected chi connectivity index (χ3v) is 5.84. The van der Waals surface area contributed by atoms with Crippen LogP contribution in [0.2, 0.25) is 5.02 Å². The van der Waals surface area contributed by atoms with E-state index < -0.39 is 0 Å². The summed E-state index contributed by atoms with van der Waals surface area (Å²) < 4.78 is 0. The molecule has 0 aliphatic heterocycles. The molecule has 0 radical (unpaired) electrons. The Morgan fingerprint density at radius 2 is 2.24 bits per heavy atom. The standard InChI is InChI=1S/C17H13ClN4OS2/c1-2-12-6-13-16(20-9-21-17(13)25-12)24-8-15(23)22-14-5-11(18)4-3-10(14)7-19/h3-6,9H,2,8H2,1H3,(H,22,23). The highest BCUT2D eigenvalue weighted by molar-refractivity contribution is 8.00. The van der Waals surface area contributed by atoms with Gasteiger partial charge in [-0.3, -0.25) is 4.79 Å². The van der Waals surface area contributed by atoms with Crippen LogP contribution < -0.4 is 5.32 Å². The first-order chi connectivity index (χ1) is 12.1.